The Balaban J connectivity index is 2.18. The second-order valence-corrected chi connectivity index (χ2v) is 6.70. The van der Waals surface area contributed by atoms with Gasteiger partial charge in [-0.05, 0) is 18.9 Å². The molecule has 11 heteroatoms. The summed E-state index contributed by atoms with van der Waals surface area (Å²) in [4.78, 5) is 34.5. The van der Waals surface area contributed by atoms with Crippen molar-refractivity contribution in [3.05, 3.63) is 11.8 Å². The summed E-state index contributed by atoms with van der Waals surface area (Å²) in [7, 11) is 0. The maximum atomic E-state index is 11.7. The fraction of sp³-hybridized carbons (Fsp3) is 0.625. The molecule has 0 unspecified atom stereocenters. The number of carboxylic acid groups (broad SMARTS) is 1. The van der Waals surface area contributed by atoms with Gasteiger partial charge in [0.05, 0.1) is 17.8 Å². The van der Waals surface area contributed by atoms with E-state index in [1.807, 2.05) is 0 Å². The van der Waals surface area contributed by atoms with Crippen LogP contribution in [0.15, 0.2) is 11.8 Å². The highest BCUT2D eigenvalue weighted by Crippen LogP contribution is 2.29. The fourth-order valence-electron chi connectivity index (χ4n) is 2.86. The normalized spacial score (nSPS) is 26.8. The minimum Gasteiger partial charge on any atom is -0.478 e. The zero-order chi connectivity index (χ0) is 20.3. The van der Waals surface area contributed by atoms with Gasteiger partial charge >= 0.3 is 5.97 Å². The van der Waals surface area contributed by atoms with Gasteiger partial charge in [-0.1, -0.05) is 0 Å². The van der Waals surface area contributed by atoms with Crippen LogP contribution in [-0.4, -0.2) is 69.8 Å². The number of rotatable bonds is 8. The van der Waals surface area contributed by atoms with Crippen molar-refractivity contribution in [2.24, 2.45) is 17.6 Å². The number of carbonyl (C=O) groups is 3. The highest BCUT2D eigenvalue weighted by atomic mass is 16.5. The zero-order valence-corrected chi connectivity index (χ0v) is 14.7. The molecule has 2 aliphatic rings. The average Bonchev–Trinajstić information content (AvgIpc) is 3.42. The summed E-state index contributed by atoms with van der Waals surface area (Å²) in [5.74, 6) is -4.35. The highest BCUT2D eigenvalue weighted by Gasteiger charge is 2.44. The lowest BCUT2D eigenvalue weighted by molar-refractivity contribution is -0.144. The molecule has 1 saturated carbocycles. The molecule has 0 aromatic rings. The van der Waals surface area contributed by atoms with E-state index in [1.54, 1.807) is 0 Å². The SMILES string of the molecule is CC(=O)N[C@H]1[C@H]([C@H](O)[C@H](O)CNC(=O)C2CC2)OC(C(=O)O)=C[C@@H]1C(=N)N. The Labute approximate surface area is 155 Å². The van der Waals surface area contributed by atoms with Crippen molar-refractivity contribution in [2.45, 2.75) is 44.1 Å². The smallest absolute Gasteiger partial charge is 0.370 e. The second-order valence-electron chi connectivity index (χ2n) is 6.70. The van der Waals surface area contributed by atoms with Crippen molar-refractivity contribution in [1.29, 1.82) is 5.41 Å². The Kier molecular flexibility index (Phi) is 6.39. The molecule has 0 saturated heterocycles. The first-order valence-corrected chi connectivity index (χ1v) is 8.48. The first-order valence-electron chi connectivity index (χ1n) is 8.48. The Morgan fingerprint density at radius 1 is 1.37 bits per heavy atom. The van der Waals surface area contributed by atoms with E-state index in [1.165, 1.54) is 6.92 Å². The van der Waals surface area contributed by atoms with Crippen LogP contribution in [0.5, 0.6) is 0 Å². The summed E-state index contributed by atoms with van der Waals surface area (Å²) in [5.41, 5.74) is 5.51. The monoisotopic (exact) mass is 384 g/mol. The van der Waals surface area contributed by atoms with Crippen molar-refractivity contribution in [2.75, 3.05) is 6.54 Å². The van der Waals surface area contributed by atoms with Crippen molar-refractivity contribution in [3.8, 4) is 0 Å². The van der Waals surface area contributed by atoms with Crippen LogP contribution < -0.4 is 16.4 Å². The summed E-state index contributed by atoms with van der Waals surface area (Å²) >= 11 is 0. The predicted octanol–water partition coefficient (Wildman–Crippen LogP) is -2.34. The molecule has 150 valence electrons. The summed E-state index contributed by atoms with van der Waals surface area (Å²) in [5, 5.41) is 42.5. The number of hydrogen-bond donors (Lipinski definition) is 7. The number of amides is 2. The van der Waals surface area contributed by atoms with Crippen LogP contribution in [0.25, 0.3) is 0 Å². The third-order valence-corrected chi connectivity index (χ3v) is 4.44. The van der Waals surface area contributed by atoms with Gasteiger partial charge in [0.2, 0.25) is 17.6 Å². The number of ether oxygens (including phenoxy) is 1. The number of carbonyl (C=O) groups excluding carboxylic acids is 2. The first-order chi connectivity index (χ1) is 12.6. The van der Waals surface area contributed by atoms with Crippen molar-refractivity contribution >= 4 is 23.6 Å². The van der Waals surface area contributed by atoms with E-state index in [4.69, 9.17) is 15.9 Å². The minimum atomic E-state index is -1.66. The van der Waals surface area contributed by atoms with Crippen molar-refractivity contribution in [3.63, 3.8) is 0 Å². The van der Waals surface area contributed by atoms with Crippen molar-refractivity contribution < 1.29 is 34.4 Å². The predicted molar refractivity (Wildman–Crippen MR) is 91.3 cm³/mol. The maximum absolute atomic E-state index is 11.7. The molecule has 0 aromatic heterocycles. The molecule has 11 nitrogen and oxygen atoms in total. The molecule has 0 bridgehead atoms. The van der Waals surface area contributed by atoms with E-state index < -0.39 is 53.7 Å². The first kappa shape index (κ1) is 20.6. The molecule has 1 aliphatic heterocycles. The van der Waals surface area contributed by atoms with Gasteiger partial charge in [-0.15, -0.1) is 0 Å². The molecular weight excluding hydrogens is 360 g/mol. The van der Waals surface area contributed by atoms with Crippen LogP contribution in [0, 0.1) is 17.2 Å². The minimum absolute atomic E-state index is 0.0870. The fourth-order valence-corrected chi connectivity index (χ4v) is 2.86. The second kappa shape index (κ2) is 8.35. The molecule has 0 spiro atoms. The van der Waals surface area contributed by atoms with Gasteiger partial charge in [0.25, 0.3) is 0 Å². The molecule has 2 rings (SSSR count). The molecule has 0 aromatic carbocycles. The number of aliphatic hydroxyl groups excluding tert-OH is 2. The molecule has 0 radical (unpaired) electrons. The highest BCUT2D eigenvalue weighted by molar-refractivity contribution is 5.89. The van der Waals surface area contributed by atoms with E-state index in [0.717, 1.165) is 18.9 Å². The van der Waals surface area contributed by atoms with Crippen LogP contribution in [0.4, 0.5) is 0 Å². The van der Waals surface area contributed by atoms with Crippen LogP contribution >= 0.6 is 0 Å². The Morgan fingerprint density at radius 2 is 2.00 bits per heavy atom. The third kappa shape index (κ3) is 5.17. The van der Waals surface area contributed by atoms with Gasteiger partial charge < -0.3 is 36.4 Å². The topological polar surface area (TPSA) is 195 Å². The summed E-state index contributed by atoms with van der Waals surface area (Å²) in [6.45, 7) is 0.920. The molecule has 1 heterocycles. The quantitative estimate of drug-likeness (QED) is 0.178. The number of amidine groups is 1. The summed E-state index contributed by atoms with van der Waals surface area (Å²) in [6, 6.07) is -1.08. The molecular formula is C16H24N4O7. The number of carboxylic acids is 1. The van der Waals surface area contributed by atoms with Crippen LogP contribution in [0.2, 0.25) is 0 Å². The molecule has 8 N–H and O–H groups in total. The van der Waals surface area contributed by atoms with Crippen molar-refractivity contribution in [1.82, 2.24) is 10.6 Å². The van der Waals surface area contributed by atoms with Crippen LogP contribution in [0.1, 0.15) is 19.8 Å². The summed E-state index contributed by atoms with van der Waals surface area (Å²) < 4.78 is 5.26. The number of aliphatic carboxylic acids is 1. The van der Waals surface area contributed by atoms with Gasteiger partial charge in [-0.3, -0.25) is 15.0 Å². The molecule has 1 aliphatic carbocycles. The molecule has 1 fully saturated rings. The number of aliphatic hydroxyl groups is 2. The molecule has 2 amide bonds. The number of nitrogens with two attached hydrogens (primary N) is 1. The van der Waals surface area contributed by atoms with E-state index >= 15 is 0 Å². The van der Waals surface area contributed by atoms with Gasteiger partial charge in [0.1, 0.15) is 18.3 Å². The van der Waals surface area contributed by atoms with E-state index in [0.29, 0.717) is 0 Å². The lowest BCUT2D eigenvalue weighted by Gasteiger charge is -2.39. The van der Waals surface area contributed by atoms with Crippen LogP contribution in [-0.2, 0) is 19.1 Å². The average molecular weight is 384 g/mol. The summed E-state index contributed by atoms with van der Waals surface area (Å²) in [6.07, 6.45) is -1.94. The molecule has 27 heavy (non-hydrogen) atoms. The van der Waals surface area contributed by atoms with Gasteiger partial charge in [-0.25, -0.2) is 4.79 Å². The Hall–Kier alpha value is -2.66. The largest absolute Gasteiger partial charge is 0.478 e. The Bertz CT molecular complexity index is 661. The third-order valence-electron chi connectivity index (χ3n) is 4.44. The van der Waals surface area contributed by atoms with E-state index in [-0.39, 0.29) is 18.4 Å². The Morgan fingerprint density at radius 3 is 2.48 bits per heavy atom. The lowest BCUT2D eigenvalue weighted by Crippen LogP contribution is -2.60. The molecule has 5 atom stereocenters. The van der Waals surface area contributed by atoms with Gasteiger partial charge in [0.15, 0.2) is 0 Å². The van der Waals surface area contributed by atoms with Crippen LogP contribution in [0.3, 0.4) is 0 Å². The van der Waals surface area contributed by atoms with E-state index in [2.05, 4.69) is 10.6 Å². The van der Waals surface area contributed by atoms with Gasteiger partial charge in [-0.2, -0.15) is 0 Å². The number of nitrogens with one attached hydrogen (secondary N) is 3. The maximum Gasteiger partial charge on any atom is 0.370 e. The number of hydrogen-bond acceptors (Lipinski definition) is 7. The zero-order valence-electron chi connectivity index (χ0n) is 14.7. The van der Waals surface area contributed by atoms with Gasteiger partial charge in [0, 0.05) is 19.4 Å². The lowest BCUT2D eigenvalue weighted by atomic mass is 9.86. The standard InChI is InChI=1S/C16H24N4O7/c1-6(21)20-11-8(14(17)18)4-10(16(25)26)27-13(11)12(23)9(22)5-19-15(24)7-2-3-7/h4,7-9,11-13,22-23H,2-3,5H2,1H3,(H3,17,18)(H,19,24)(H,20,21)(H,25,26)/t8-,9+,11+,12+,13+/m0/s1. The van der Waals surface area contributed by atoms with E-state index in [9.17, 15) is 29.7 Å².